The fourth-order valence-corrected chi connectivity index (χ4v) is 2.66. The van der Waals surface area contributed by atoms with Crippen molar-refractivity contribution in [2.75, 3.05) is 40.3 Å². The Bertz CT molecular complexity index is 419. The number of nitrogens with zero attached hydrogens (tertiary/aromatic N) is 2. The quantitative estimate of drug-likeness (QED) is 0.865. The predicted octanol–water partition coefficient (Wildman–Crippen LogP) is 1.81. The van der Waals surface area contributed by atoms with Crippen LogP contribution in [0.15, 0.2) is 24.3 Å². The van der Waals surface area contributed by atoms with Crippen molar-refractivity contribution in [3.8, 4) is 5.75 Å². The molecule has 1 unspecified atom stereocenters. The molecule has 1 atom stereocenters. The normalized spacial score (nSPS) is 20.9. The van der Waals surface area contributed by atoms with E-state index in [0.29, 0.717) is 6.04 Å². The first kappa shape index (κ1) is 16.3. The fraction of sp³-hybridized carbons (Fsp3) is 0.647. The molecule has 0 bridgehead atoms. The predicted molar refractivity (Wildman–Crippen MR) is 87.8 cm³/mol. The maximum atomic E-state index is 5.66. The number of piperazine rings is 1. The van der Waals surface area contributed by atoms with Crippen LogP contribution in [0.1, 0.15) is 19.4 Å². The first-order valence-corrected chi connectivity index (χ1v) is 7.89. The molecule has 1 aliphatic heterocycles. The van der Waals surface area contributed by atoms with Crippen molar-refractivity contribution in [1.29, 1.82) is 0 Å². The second-order valence-electron chi connectivity index (χ2n) is 6.34. The number of benzene rings is 1. The van der Waals surface area contributed by atoms with Crippen LogP contribution in [0.4, 0.5) is 0 Å². The van der Waals surface area contributed by atoms with Gasteiger partial charge in [-0.3, -0.25) is 4.90 Å². The van der Waals surface area contributed by atoms with E-state index in [1.54, 1.807) is 0 Å². The SMILES string of the molecule is CC(C)Oc1ccc(CNCC2CN(C)CCN2C)cc1. The molecule has 118 valence electrons. The van der Waals surface area contributed by atoms with Crippen molar-refractivity contribution in [2.24, 2.45) is 0 Å². The standard InChI is InChI=1S/C17H29N3O/c1-14(2)21-17-7-5-15(6-8-17)11-18-12-16-13-19(3)9-10-20(16)4/h5-8,14,16,18H,9-13H2,1-4H3. The van der Waals surface area contributed by atoms with Crippen molar-refractivity contribution in [3.63, 3.8) is 0 Å². The summed E-state index contributed by atoms with van der Waals surface area (Å²) >= 11 is 0. The van der Waals surface area contributed by atoms with Gasteiger partial charge in [-0.25, -0.2) is 0 Å². The highest BCUT2D eigenvalue weighted by atomic mass is 16.5. The van der Waals surface area contributed by atoms with Gasteiger partial charge in [-0.05, 0) is 45.6 Å². The van der Waals surface area contributed by atoms with Crippen LogP contribution in [0.25, 0.3) is 0 Å². The lowest BCUT2D eigenvalue weighted by atomic mass is 10.1. The van der Waals surface area contributed by atoms with E-state index in [-0.39, 0.29) is 6.10 Å². The van der Waals surface area contributed by atoms with Crippen molar-refractivity contribution >= 4 is 0 Å². The van der Waals surface area contributed by atoms with Crippen LogP contribution in [0.3, 0.4) is 0 Å². The summed E-state index contributed by atoms with van der Waals surface area (Å²) in [5, 5.41) is 3.57. The van der Waals surface area contributed by atoms with E-state index in [1.165, 1.54) is 12.1 Å². The van der Waals surface area contributed by atoms with E-state index in [2.05, 4.69) is 53.5 Å². The molecule has 4 nitrogen and oxygen atoms in total. The molecular weight excluding hydrogens is 262 g/mol. The van der Waals surface area contributed by atoms with Gasteiger partial charge in [-0.2, -0.15) is 0 Å². The summed E-state index contributed by atoms with van der Waals surface area (Å²) < 4.78 is 5.66. The molecular formula is C17H29N3O. The Morgan fingerprint density at radius 1 is 1.19 bits per heavy atom. The van der Waals surface area contributed by atoms with Gasteiger partial charge in [0.05, 0.1) is 6.10 Å². The molecule has 2 rings (SSSR count). The lowest BCUT2D eigenvalue weighted by molar-refractivity contribution is 0.113. The minimum atomic E-state index is 0.229. The molecule has 21 heavy (non-hydrogen) atoms. The Labute approximate surface area is 129 Å². The Kier molecular flexibility index (Phi) is 6.03. The molecule has 4 heteroatoms. The van der Waals surface area contributed by atoms with Gasteiger partial charge in [0.1, 0.15) is 5.75 Å². The average molecular weight is 291 g/mol. The maximum Gasteiger partial charge on any atom is 0.119 e. The molecule has 0 spiro atoms. The molecule has 1 aromatic carbocycles. The summed E-state index contributed by atoms with van der Waals surface area (Å²) in [5.41, 5.74) is 1.30. The summed E-state index contributed by atoms with van der Waals surface area (Å²) in [6.45, 7) is 9.51. The zero-order valence-electron chi connectivity index (χ0n) is 13.8. The Morgan fingerprint density at radius 3 is 2.57 bits per heavy atom. The third-order valence-corrected chi connectivity index (χ3v) is 3.98. The molecule has 0 amide bonds. The van der Waals surface area contributed by atoms with Crippen LogP contribution < -0.4 is 10.1 Å². The van der Waals surface area contributed by atoms with Crippen LogP contribution in [-0.2, 0) is 6.54 Å². The van der Waals surface area contributed by atoms with Gasteiger partial charge in [0.2, 0.25) is 0 Å². The van der Waals surface area contributed by atoms with Gasteiger partial charge in [-0.15, -0.1) is 0 Å². The van der Waals surface area contributed by atoms with Gasteiger partial charge in [0.25, 0.3) is 0 Å². The van der Waals surface area contributed by atoms with Crippen LogP contribution in [0.5, 0.6) is 5.75 Å². The van der Waals surface area contributed by atoms with E-state index < -0.39 is 0 Å². The van der Waals surface area contributed by atoms with Crippen LogP contribution in [0.2, 0.25) is 0 Å². The Morgan fingerprint density at radius 2 is 1.90 bits per heavy atom. The summed E-state index contributed by atoms with van der Waals surface area (Å²) in [6.07, 6.45) is 0.229. The fourth-order valence-electron chi connectivity index (χ4n) is 2.66. The van der Waals surface area contributed by atoms with Crippen LogP contribution in [-0.4, -0.2) is 62.2 Å². The summed E-state index contributed by atoms with van der Waals surface area (Å²) in [6, 6.07) is 8.99. The monoisotopic (exact) mass is 291 g/mol. The molecule has 1 aromatic rings. The number of hydrogen-bond donors (Lipinski definition) is 1. The van der Waals surface area contributed by atoms with Crippen molar-refractivity contribution in [1.82, 2.24) is 15.1 Å². The van der Waals surface area contributed by atoms with E-state index in [1.807, 2.05) is 13.8 Å². The highest BCUT2D eigenvalue weighted by molar-refractivity contribution is 5.27. The van der Waals surface area contributed by atoms with Gasteiger partial charge < -0.3 is 15.0 Å². The van der Waals surface area contributed by atoms with Crippen molar-refractivity contribution in [3.05, 3.63) is 29.8 Å². The van der Waals surface area contributed by atoms with Gasteiger partial charge >= 0.3 is 0 Å². The third kappa shape index (κ3) is 5.30. The number of hydrogen-bond acceptors (Lipinski definition) is 4. The second-order valence-corrected chi connectivity index (χ2v) is 6.34. The molecule has 1 heterocycles. The molecule has 0 aliphatic carbocycles. The molecule has 1 aliphatic rings. The smallest absolute Gasteiger partial charge is 0.119 e. The second kappa shape index (κ2) is 7.78. The van der Waals surface area contributed by atoms with E-state index in [9.17, 15) is 0 Å². The van der Waals surface area contributed by atoms with Crippen LogP contribution in [0, 0.1) is 0 Å². The number of ether oxygens (including phenoxy) is 1. The summed E-state index contributed by atoms with van der Waals surface area (Å²) in [4.78, 5) is 4.86. The van der Waals surface area contributed by atoms with E-state index in [0.717, 1.165) is 31.9 Å². The Balaban J connectivity index is 1.75. The summed E-state index contributed by atoms with van der Waals surface area (Å²) in [5.74, 6) is 0.947. The Hall–Kier alpha value is -1.10. The minimum absolute atomic E-state index is 0.229. The van der Waals surface area contributed by atoms with Gasteiger partial charge in [-0.1, -0.05) is 12.1 Å². The summed E-state index contributed by atoms with van der Waals surface area (Å²) in [7, 11) is 4.42. The molecule has 0 radical (unpaired) electrons. The van der Waals surface area contributed by atoms with E-state index >= 15 is 0 Å². The van der Waals surface area contributed by atoms with Crippen LogP contribution >= 0.6 is 0 Å². The first-order valence-electron chi connectivity index (χ1n) is 7.89. The highest BCUT2D eigenvalue weighted by Gasteiger charge is 2.21. The average Bonchev–Trinajstić information content (AvgIpc) is 2.44. The maximum absolute atomic E-state index is 5.66. The first-order chi connectivity index (χ1) is 10.0. The molecule has 0 aromatic heterocycles. The lowest BCUT2D eigenvalue weighted by Gasteiger charge is -2.37. The molecule has 1 saturated heterocycles. The van der Waals surface area contributed by atoms with E-state index in [4.69, 9.17) is 4.74 Å². The topological polar surface area (TPSA) is 27.7 Å². The zero-order valence-corrected chi connectivity index (χ0v) is 13.8. The largest absolute Gasteiger partial charge is 0.491 e. The third-order valence-electron chi connectivity index (χ3n) is 3.98. The minimum Gasteiger partial charge on any atom is -0.491 e. The van der Waals surface area contributed by atoms with Crippen molar-refractivity contribution in [2.45, 2.75) is 32.5 Å². The van der Waals surface area contributed by atoms with Gasteiger partial charge in [0, 0.05) is 38.8 Å². The highest BCUT2D eigenvalue weighted by Crippen LogP contribution is 2.13. The van der Waals surface area contributed by atoms with Crippen molar-refractivity contribution < 1.29 is 4.74 Å². The van der Waals surface area contributed by atoms with Gasteiger partial charge in [0.15, 0.2) is 0 Å². The lowest BCUT2D eigenvalue weighted by Crippen LogP contribution is -2.53. The zero-order chi connectivity index (χ0) is 15.2. The number of likely N-dealkylation sites (N-methyl/N-ethyl adjacent to an activating group) is 2. The molecule has 1 N–H and O–H groups in total. The number of nitrogens with one attached hydrogen (secondary N) is 1. The molecule has 1 fully saturated rings. The number of rotatable bonds is 6. The molecule has 0 saturated carbocycles.